The van der Waals surface area contributed by atoms with Crippen molar-refractivity contribution >= 4 is 35.3 Å². The maximum atomic E-state index is 14.0. The van der Waals surface area contributed by atoms with Crippen LogP contribution < -0.4 is 32.7 Å². The zero-order valence-corrected chi connectivity index (χ0v) is 33.9. The lowest BCUT2D eigenvalue weighted by Gasteiger charge is -2.26. The average Bonchev–Trinajstić information content (AvgIpc) is 3.11. The molecule has 5 amide bonds. The van der Waals surface area contributed by atoms with E-state index in [4.69, 9.17) is 11.5 Å². The Balaban J connectivity index is 2.27. The zero-order chi connectivity index (χ0) is 43.5. The first kappa shape index (κ1) is 48.9. The molecule has 0 heterocycles. The van der Waals surface area contributed by atoms with Gasteiger partial charge in [-0.1, -0.05) is 39.7 Å². The molecule has 5 atom stereocenters. The third-order valence-corrected chi connectivity index (χ3v) is 9.38. The molecular weight excluding hydrogens is 752 g/mol. The first-order valence-electron chi connectivity index (χ1n) is 19.7. The molecule has 58 heavy (non-hydrogen) atoms. The van der Waals surface area contributed by atoms with E-state index in [2.05, 4.69) is 28.2 Å². The molecule has 0 spiro atoms. The van der Waals surface area contributed by atoms with Crippen molar-refractivity contribution < 1.29 is 54.3 Å². The molecule has 2 rings (SSSR count). The number of nitrogens with one attached hydrogen (secondary N) is 4. The number of phenolic OH excluding ortho intramolecular Hbond substituents is 3. The molecule has 0 aliphatic carbocycles. The number of Topliss-reactive ketones (excluding diaryl/α,β-unsaturated/α-hetero) is 1. The SMILES string of the molecule is CCCCCNCCC[C@@H](O)CC(=O)N[C@@H](CC(N)=O)C(=O)N[C@@H](CCC(N)=O)C(=O)N[C@H](CC(=O)c1cc(C)cc(O)c1C(O)c1c(O)cccc1O)CC(C)C. The van der Waals surface area contributed by atoms with Gasteiger partial charge in [-0.2, -0.15) is 0 Å². The number of carbonyl (C=O) groups is 6. The minimum atomic E-state index is -1.83. The van der Waals surface area contributed by atoms with Gasteiger partial charge in [-0.3, -0.25) is 28.8 Å². The normalized spacial score (nSPS) is 13.8. The summed E-state index contributed by atoms with van der Waals surface area (Å²) in [6.07, 6.45) is -0.456. The number of ketones is 1. The van der Waals surface area contributed by atoms with Crippen LogP contribution in [0.3, 0.4) is 0 Å². The summed E-state index contributed by atoms with van der Waals surface area (Å²) < 4.78 is 0. The highest BCUT2D eigenvalue weighted by Crippen LogP contribution is 2.41. The molecule has 0 saturated carbocycles. The van der Waals surface area contributed by atoms with Crippen molar-refractivity contribution in [2.75, 3.05) is 13.1 Å². The van der Waals surface area contributed by atoms with Crippen molar-refractivity contribution in [2.24, 2.45) is 17.4 Å². The number of rotatable bonds is 27. The van der Waals surface area contributed by atoms with Gasteiger partial charge in [0.05, 0.1) is 24.5 Å². The van der Waals surface area contributed by atoms with Gasteiger partial charge in [-0.05, 0) is 87.9 Å². The van der Waals surface area contributed by atoms with Crippen molar-refractivity contribution in [2.45, 2.75) is 129 Å². The summed E-state index contributed by atoms with van der Waals surface area (Å²) in [5.41, 5.74) is 10.4. The first-order valence-corrected chi connectivity index (χ1v) is 19.7. The number of amides is 5. The van der Waals surface area contributed by atoms with E-state index < -0.39 is 89.3 Å². The number of hydrogen-bond donors (Lipinski definition) is 11. The number of benzene rings is 2. The van der Waals surface area contributed by atoms with Gasteiger partial charge in [0, 0.05) is 30.0 Å². The van der Waals surface area contributed by atoms with Crippen molar-refractivity contribution in [3.63, 3.8) is 0 Å². The lowest BCUT2D eigenvalue weighted by atomic mass is 9.88. The molecule has 0 aromatic heterocycles. The van der Waals surface area contributed by atoms with Crippen molar-refractivity contribution in [3.8, 4) is 17.2 Å². The summed E-state index contributed by atoms with van der Waals surface area (Å²) in [6, 6.07) is 2.64. The van der Waals surface area contributed by atoms with Crippen molar-refractivity contribution in [1.82, 2.24) is 21.3 Å². The first-order chi connectivity index (χ1) is 27.3. The number of nitrogens with two attached hydrogens (primary N) is 2. The second-order valence-corrected chi connectivity index (χ2v) is 15.1. The fraction of sp³-hybridized carbons (Fsp3) is 0.561. The lowest BCUT2D eigenvalue weighted by Crippen LogP contribution is -2.56. The molecule has 1 unspecified atom stereocenters. The molecule has 2 aromatic carbocycles. The van der Waals surface area contributed by atoms with Gasteiger partial charge in [0.25, 0.3) is 0 Å². The predicted molar refractivity (Wildman–Crippen MR) is 215 cm³/mol. The fourth-order valence-electron chi connectivity index (χ4n) is 6.56. The van der Waals surface area contributed by atoms with Gasteiger partial charge in [-0.25, -0.2) is 0 Å². The zero-order valence-electron chi connectivity index (χ0n) is 33.9. The van der Waals surface area contributed by atoms with Gasteiger partial charge in [0.15, 0.2) is 5.78 Å². The van der Waals surface area contributed by atoms with Gasteiger partial charge >= 0.3 is 0 Å². The summed E-state index contributed by atoms with van der Waals surface area (Å²) >= 11 is 0. The lowest BCUT2D eigenvalue weighted by molar-refractivity contribution is -0.134. The number of aliphatic hydroxyl groups excluding tert-OH is 2. The minimum absolute atomic E-state index is 0.0847. The van der Waals surface area contributed by atoms with Crippen molar-refractivity contribution in [1.29, 1.82) is 0 Å². The number of phenols is 3. The topological polar surface area (TPSA) is 304 Å². The molecular formula is C41H62N6O11. The summed E-state index contributed by atoms with van der Waals surface area (Å²) in [6.45, 7) is 8.89. The van der Waals surface area contributed by atoms with E-state index in [-0.39, 0.29) is 54.7 Å². The van der Waals surface area contributed by atoms with Crippen LogP contribution in [0.2, 0.25) is 0 Å². The number of unbranched alkanes of at least 4 members (excludes halogenated alkanes) is 2. The summed E-state index contributed by atoms with van der Waals surface area (Å²) in [4.78, 5) is 77.8. The third-order valence-electron chi connectivity index (χ3n) is 9.38. The van der Waals surface area contributed by atoms with E-state index in [0.29, 0.717) is 24.9 Å². The van der Waals surface area contributed by atoms with Gasteiger partial charge in [0.1, 0.15) is 35.4 Å². The monoisotopic (exact) mass is 814 g/mol. The molecule has 0 saturated heterocycles. The van der Waals surface area contributed by atoms with Crippen molar-refractivity contribution in [3.05, 3.63) is 52.6 Å². The number of hydrogen-bond acceptors (Lipinski definition) is 12. The Kier molecular flexibility index (Phi) is 20.6. The largest absolute Gasteiger partial charge is 0.508 e. The summed E-state index contributed by atoms with van der Waals surface area (Å²) in [5, 5.41) is 64.2. The number of aryl methyl sites for hydroxylation is 1. The van der Waals surface area contributed by atoms with E-state index in [1.165, 1.54) is 30.3 Å². The molecule has 0 aliphatic rings. The summed E-state index contributed by atoms with van der Waals surface area (Å²) in [5.74, 6) is -6.39. The maximum Gasteiger partial charge on any atom is 0.243 e. The molecule has 0 aliphatic heterocycles. The molecule has 0 fully saturated rings. The standard InChI is InChI=1S/C41H62N6O11/c1-5-6-7-15-44-16-9-10-26(48)21-36(55)46-29(22-35(43)54)41(58)47-28(13-14-34(42)53)40(57)45-25(17-23(2)3)20-32(51)27-18-24(4)19-33(52)37(27)39(56)38-30(49)11-8-12-31(38)50/h8,11-12,18-19,23,25-26,28-29,39,44,48-50,52,56H,5-7,9-10,13-17,20-22H2,1-4H3,(H2,42,53)(H2,43,54)(H,45,57)(H,46,55)(H,47,58)/t25-,26+,28-,29-,39?/m0/s1. The average molecular weight is 815 g/mol. The Morgan fingerprint density at radius 1 is 0.724 bits per heavy atom. The molecule has 17 nitrogen and oxygen atoms in total. The van der Waals surface area contributed by atoms with Crippen LogP contribution in [0.5, 0.6) is 17.2 Å². The molecule has 322 valence electrons. The Morgan fingerprint density at radius 2 is 1.36 bits per heavy atom. The molecule has 0 radical (unpaired) electrons. The Morgan fingerprint density at radius 3 is 1.97 bits per heavy atom. The van der Waals surface area contributed by atoms with E-state index in [9.17, 15) is 54.3 Å². The van der Waals surface area contributed by atoms with Crippen LogP contribution in [0, 0.1) is 12.8 Å². The van der Waals surface area contributed by atoms with Crippen LogP contribution in [0.1, 0.15) is 125 Å². The van der Waals surface area contributed by atoms with Crippen LogP contribution in [0.25, 0.3) is 0 Å². The third kappa shape index (κ3) is 16.7. The van der Waals surface area contributed by atoms with Crippen LogP contribution in [-0.2, 0) is 24.0 Å². The van der Waals surface area contributed by atoms with Gasteiger partial charge in [0.2, 0.25) is 29.5 Å². The van der Waals surface area contributed by atoms with Gasteiger partial charge < -0.3 is 58.3 Å². The molecule has 13 N–H and O–H groups in total. The second kappa shape index (κ2) is 24.5. The molecule has 0 bridgehead atoms. The van der Waals surface area contributed by atoms with Gasteiger partial charge in [-0.15, -0.1) is 0 Å². The highest BCUT2D eigenvalue weighted by molar-refractivity contribution is 6.00. The second-order valence-electron chi connectivity index (χ2n) is 15.1. The quantitative estimate of drug-likeness (QED) is 0.0454. The number of aromatic hydroxyl groups is 3. The predicted octanol–water partition coefficient (Wildman–Crippen LogP) is 1.72. The maximum absolute atomic E-state index is 14.0. The minimum Gasteiger partial charge on any atom is -0.508 e. The van der Waals surface area contributed by atoms with E-state index >= 15 is 0 Å². The Labute approximate surface area is 339 Å². The fourth-order valence-corrected chi connectivity index (χ4v) is 6.56. The van der Waals surface area contributed by atoms with E-state index in [1.54, 1.807) is 6.92 Å². The van der Waals surface area contributed by atoms with Crippen LogP contribution >= 0.6 is 0 Å². The van der Waals surface area contributed by atoms with Crippen LogP contribution in [-0.4, -0.2) is 98.2 Å². The van der Waals surface area contributed by atoms with E-state index in [0.717, 1.165) is 25.8 Å². The highest BCUT2D eigenvalue weighted by atomic mass is 16.3. The number of primary amides is 2. The molecule has 17 heteroatoms. The smallest absolute Gasteiger partial charge is 0.243 e. The molecule has 2 aromatic rings. The Hall–Kier alpha value is -5.26. The van der Waals surface area contributed by atoms with E-state index in [1.807, 2.05) is 13.8 Å². The Bertz CT molecular complexity index is 1700. The van der Waals surface area contributed by atoms with Crippen LogP contribution in [0.15, 0.2) is 30.3 Å². The van der Waals surface area contributed by atoms with Crippen LogP contribution in [0.4, 0.5) is 0 Å². The summed E-state index contributed by atoms with van der Waals surface area (Å²) in [7, 11) is 0. The number of aliphatic hydroxyl groups is 2. The highest BCUT2D eigenvalue weighted by Gasteiger charge is 2.32. The number of carbonyl (C=O) groups excluding carboxylic acids is 6.